The molecule has 0 saturated heterocycles. The number of carbonyl (C=O) groups excluding carboxylic acids is 1. The van der Waals surface area contributed by atoms with Crippen molar-refractivity contribution in [3.8, 4) is 0 Å². The van der Waals surface area contributed by atoms with Crippen molar-refractivity contribution in [2.45, 2.75) is 31.2 Å². The Kier molecular flexibility index (Phi) is 3.53. The van der Waals surface area contributed by atoms with Crippen molar-refractivity contribution in [3.63, 3.8) is 0 Å². The van der Waals surface area contributed by atoms with Crippen LogP contribution in [-0.4, -0.2) is 16.4 Å². The Morgan fingerprint density at radius 2 is 2.18 bits per heavy atom. The van der Waals surface area contributed by atoms with Crippen molar-refractivity contribution in [2.75, 3.05) is 0 Å². The van der Waals surface area contributed by atoms with E-state index in [0.29, 0.717) is 15.2 Å². The average Bonchev–Trinajstić information content (AvgIpc) is 2.87. The van der Waals surface area contributed by atoms with Gasteiger partial charge in [-0.25, -0.2) is 0 Å². The van der Waals surface area contributed by atoms with Crippen molar-refractivity contribution >= 4 is 39.0 Å². The molecular weight excluding hydrogens is 304 g/mol. The maximum atomic E-state index is 12.1. The maximum Gasteiger partial charge on any atom is 0.256 e. The standard InChI is InChI=1S/C11H13BrN2O2S/c12-8-7(3-6-16-8)9(15)14-11(10(13)17)4-1-2-5-11/h3,6H,1-2,4-5H2,(H2,13,17)(H,14,15). The molecule has 0 aliphatic heterocycles. The molecule has 1 aromatic heterocycles. The zero-order valence-corrected chi connectivity index (χ0v) is 11.6. The summed E-state index contributed by atoms with van der Waals surface area (Å²) in [5, 5.41) is 2.94. The van der Waals surface area contributed by atoms with Gasteiger partial charge in [0.15, 0.2) is 4.67 Å². The van der Waals surface area contributed by atoms with Gasteiger partial charge in [-0.2, -0.15) is 0 Å². The Labute approximate surface area is 113 Å². The Bertz CT molecular complexity index is 452. The van der Waals surface area contributed by atoms with Gasteiger partial charge in [-0.3, -0.25) is 4.79 Å². The van der Waals surface area contributed by atoms with Crippen LogP contribution in [0.2, 0.25) is 0 Å². The van der Waals surface area contributed by atoms with E-state index < -0.39 is 5.54 Å². The second-order valence-corrected chi connectivity index (χ2v) is 5.38. The molecule has 0 bridgehead atoms. The smallest absolute Gasteiger partial charge is 0.256 e. The van der Waals surface area contributed by atoms with Crippen molar-refractivity contribution in [1.29, 1.82) is 0 Å². The van der Waals surface area contributed by atoms with Crippen LogP contribution < -0.4 is 11.1 Å². The van der Waals surface area contributed by atoms with Gasteiger partial charge in [0.2, 0.25) is 0 Å². The van der Waals surface area contributed by atoms with E-state index in [9.17, 15) is 4.79 Å². The zero-order chi connectivity index (χ0) is 12.5. The third-order valence-corrected chi connectivity index (χ3v) is 4.15. The summed E-state index contributed by atoms with van der Waals surface area (Å²) < 4.78 is 5.46. The first-order valence-corrected chi connectivity index (χ1v) is 6.61. The number of nitrogens with one attached hydrogen (secondary N) is 1. The van der Waals surface area contributed by atoms with Crippen LogP contribution in [0.25, 0.3) is 0 Å². The lowest BCUT2D eigenvalue weighted by molar-refractivity contribution is 0.0922. The molecule has 1 aliphatic rings. The number of rotatable bonds is 3. The molecule has 6 heteroatoms. The minimum absolute atomic E-state index is 0.208. The van der Waals surface area contributed by atoms with Crippen molar-refractivity contribution in [2.24, 2.45) is 5.73 Å². The molecule has 0 aromatic carbocycles. The van der Waals surface area contributed by atoms with Crippen LogP contribution in [0.3, 0.4) is 0 Å². The highest BCUT2D eigenvalue weighted by molar-refractivity contribution is 9.10. The van der Waals surface area contributed by atoms with E-state index in [4.69, 9.17) is 22.4 Å². The molecule has 3 N–H and O–H groups in total. The van der Waals surface area contributed by atoms with Gasteiger partial charge in [-0.1, -0.05) is 25.1 Å². The molecule has 17 heavy (non-hydrogen) atoms. The van der Waals surface area contributed by atoms with E-state index >= 15 is 0 Å². The Hall–Kier alpha value is -0.880. The van der Waals surface area contributed by atoms with Gasteiger partial charge in [0.25, 0.3) is 5.91 Å². The fourth-order valence-corrected chi connectivity index (χ4v) is 2.83. The summed E-state index contributed by atoms with van der Waals surface area (Å²) in [6.07, 6.45) is 5.14. The lowest BCUT2D eigenvalue weighted by Gasteiger charge is -2.28. The zero-order valence-electron chi connectivity index (χ0n) is 9.16. The van der Waals surface area contributed by atoms with Crippen LogP contribution in [-0.2, 0) is 0 Å². The monoisotopic (exact) mass is 316 g/mol. The molecule has 2 rings (SSSR count). The third kappa shape index (κ3) is 2.37. The maximum absolute atomic E-state index is 12.1. The van der Waals surface area contributed by atoms with Crippen LogP contribution in [0.1, 0.15) is 36.0 Å². The molecule has 1 heterocycles. The largest absolute Gasteiger partial charge is 0.457 e. The average molecular weight is 317 g/mol. The number of amides is 1. The highest BCUT2D eigenvalue weighted by atomic mass is 79.9. The topological polar surface area (TPSA) is 68.3 Å². The molecule has 1 aliphatic carbocycles. The summed E-state index contributed by atoms with van der Waals surface area (Å²) in [6.45, 7) is 0. The molecule has 0 atom stereocenters. The highest BCUT2D eigenvalue weighted by Gasteiger charge is 2.38. The van der Waals surface area contributed by atoms with Crippen LogP contribution >= 0.6 is 28.1 Å². The number of halogens is 1. The molecule has 0 spiro atoms. The summed E-state index contributed by atoms with van der Waals surface area (Å²) >= 11 is 8.26. The number of carbonyl (C=O) groups is 1. The number of hydrogen-bond acceptors (Lipinski definition) is 3. The van der Waals surface area contributed by atoms with Crippen LogP contribution in [0.4, 0.5) is 0 Å². The summed E-state index contributed by atoms with van der Waals surface area (Å²) in [5.41, 5.74) is 5.69. The second-order valence-electron chi connectivity index (χ2n) is 4.22. The Balaban J connectivity index is 2.17. The molecule has 1 saturated carbocycles. The Morgan fingerprint density at radius 3 is 2.65 bits per heavy atom. The molecule has 1 fully saturated rings. The second kappa shape index (κ2) is 4.78. The first-order valence-electron chi connectivity index (χ1n) is 5.40. The molecule has 0 unspecified atom stereocenters. The summed E-state index contributed by atoms with van der Waals surface area (Å²) in [7, 11) is 0. The number of thiocarbonyl (C=S) groups is 1. The highest BCUT2D eigenvalue weighted by Crippen LogP contribution is 2.31. The number of hydrogen-bond donors (Lipinski definition) is 2. The summed E-state index contributed by atoms with van der Waals surface area (Å²) in [6, 6.07) is 1.61. The molecular formula is C11H13BrN2O2S. The summed E-state index contributed by atoms with van der Waals surface area (Å²) in [5.74, 6) is -0.208. The van der Waals surface area contributed by atoms with E-state index in [1.54, 1.807) is 6.07 Å². The lowest BCUT2D eigenvalue weighted by Crippen LogP contribution is -2.54. The van der Waals surface area contributed by atoms with Gasteiger partial charge in [0.1, 0.15) is 0 Å². The quantitative estimate of drug-likeness (QED) is 0.840. The van der Waals surface area contributed by atoms with Crippen molar-refractivity contribution < 1.29 is 9.21 Å². The van der Waals surface area contributed by atoms with E-state index in [1.807, 2.05) is 0 Å². The van der Waals surface area contributed by atoms with Crippen LogP contribution in [0, 0.1) is 0 Å². The van der Waals surface area contributed by atoms with Crippen LogP contribution in [0.15, 0.2) is 21.4 Å². The van der Waals surface area contributed by atoms with E-state index in [1.165, 1.54) is 6.26 Å². The SMILES string of the molecule is NC(=S)C1(NC(=O)c2ccoc2Br)CCCC1. The summed E-state index contributed by atoms with van der Waals surface area (Å²) in [4.78, 5) is 12.4. The van der Waals surface area contributed by atoms with E-state index in [-0.39, 0.29) is 5.91 Å². The lowest BCUT2D eigenvalue weighted by atomic mass is 9.97. The number of furan rings is 1. The number of nitrogens with two attached hydrogens (primary N) is 1. The fourth-order valence-electron chi connectivity index (χ4n) is 2.15. The van der Waals surface area contributed by atoms with Gasteiger partial charge in [-0.05, 0) is 34.8 Å². The minimum atomic E-state index is -0.525. The first kappa shape index (κ1) is 12.6. The van der Waals surface area contributed by atoms with Crippen molar-refractivity contribution in [1.82, 2.24) is 5.32 Å². The molecule has 92 valence electrons. The van der Waals surface area contributed by atoms with Gasteiger partial charge >= 0.3 is 0 Å². The van der Waals surface area contributed by atoms with Gasteiger partial charge < -0.3 is 15.5 Å². The fraction of sp³-hybridized carbons (Fsp3) is 0.455. The van der Waals surface area contributed by atoms with Gasteiger partial charge in [0.05, 0.1) is 22.4 Å². The van der Waals surface area contributed by atoms with Crippen molar-refractivity contribution in [3.05, 3.63) is 22.6 Å². The first-order chi connectivity index (χ1) is 8.05. The molecule has 1 amide bonds. The van der Waals surface area contributed by atoms with E-state index in [2.05, 4.69) is 21.2 Å². The predicted octanol–water partition coefficient (Wildman–Crippen LogP) is 2.37. The van der Waals surface area contributed by atoms with Gasteiger partial charge in [0, 0.05) is 0 Å². The third-order valence-electron chi connectivity index (χ3n) is 3.14. The van der Waals surface area contributed by atoms with E-state index in [0.717, 1.165) is 25.7 Å². The Morgan fingerprint density at radius 1 is 1.53 bits per heavy atom. The van der Waals surface area contributed by atoms with Gasteiger partial charge in [-0.15, -0.1) is 0 Å². The molecule has 4 nitrogen and oxygen atoms in total. The normalized spacial score (nSPS) is 17.9. The van der Waals surface area contributed by atoms with Crippen LogP contribution in [0.5, 0.6) is 0 Å². The molecule has 1 aromatic rings. The predicted molar refractivity (Wildman–Crippen MR) is 71.9 cm³/mol. The minimum Gasteiger partial charge on any atom is -0.457 e. The molecule has 0 radical (unpaired) electrons.